The van der Waals surface area contributed by atoms with Crippen molar-refractivity contribution < 1.29 is 14.7 Å². The molecule has 1 aliphatic rings. The summed E-state index contributed by atoms with van der Waals surface area (Å²) in [6.45, 7) is 2.37. The third-order valence-electron chi connectivity index (χ3n) is 3.23. The van der Waals surface area contributed by atoms with E-state index < -0.39 is 12.0 Å². The van der Waals surface area contributed by atoms with Crippen molar-refractivity contribution in [2.75, 3.05) is 6.54 Å². The monoisotopic (exact) mass is 311 g/mol. The maximum atomic E-state index is 12.4. The van der Waals surface area contributed by atoms with Crippen LogP contribution in [0.3, 0.4) is 0 Å². The van der Waals surface area contributed by atoms with Crippen LogP contribution in [0.5, 0.6) is 0 Å². The van der Waals surface area contributed by atoms with E-state index in [-0.39, 0.29) is 5.91 Å². The molecule has 0 radical (unpaired) electrons. The van der Waals surface area contributed by atoms with Crippen LogP contribution in [-0.2, 0) is 4.79 Å². The van der Waals surface area contributed by atoms with Gasteiger partial charge in [0.05, 0.1) is 0 Å². The highest BCUT2D eigenvalue weighted by Gasteiger charge is 2.34. The Labute approximate surface area is 114 Å². The van der Waals surface area contributed by atoms with Gasteiger partial charge in [-0.2, -0.15) is 0 Å². The average Bonchev–Trinajstić information content (AvgIpc) is 2.80. The van der Waals surface area contributed by atoms with E-state index in [9.17, 15) is 9.59 Å². The Balaban J connectivity index is 2.31. The summed E-state index contributed by atoms with van der Waals surface area (Å²) < 4.78 is 0.822. The van der Waals surface area contributed by atoms with E-state index in [0.29, 0.717) is 18.5 Å². The molecule has 1 aromatic rings. The van der Waals surface area contributed by atoms with E-state index in [1.54, 1.807) is 6.07 Å². The van der Waals surface area contributed by atoms with Crippen molar-refractivity contribution in [1.82, 2.24) is 4.90 Å². The minimum absolute atomic E-state index is 0.196. The molecule has 1 aliphatic heterocycles. The first-order valence-electron chi connectivity index (χ1n) is 5.80. The number of carbonyl (C=O) groups is 2. The van der Waals surface area contributed by atoms with Crippen molar-refractivity contribution in [3.63, 3.8) is 0 Å². The van der Waals surface area contributed by atoms with E-state index in [4.69, 9.17) is 5.11 Å². The minimum atomic E-state index is -0.923. The van der Waals surface area contributed by atoms with Crippen LogP contribution in [0.4, 0.5) is 0 Å². The molecular formula is C13H14BrNO3. The number of hydrogen-bond acceptors (Lipinski definition) is 2. The topological polar surface area (TPSA) is 57.6 Å². The number of carboxylic acid groups (broad SMARTS) is 1. The first kappa shape index (κ1) is 13.1. The van der Waals surface area contributed by atoms with Gasteiger partial charge in [-0.25, -0.2) is 4.79 Å². The van der Waals surface area contributed by atoms with Gasteiger partial charge in [-0.15, -0.1) is 0 Å². The van der Waals surface area contributed by atoms with Gasteiger partial charge in [-0.3, -0.25) is 4.79 Å². The number of rotatable bonds is 2. The molecule has 1 aromatic carbocycles. The number of nitrogens with zero attached hydrogens (tertiary/aromatic N) is 1. The molecule has 0 aliphatic carbocycles. The molecule has 0 bridgehead atoms. The van der Waals surface area contributed by atoms with E-state index in [0.717, 1.165) is 16.5 Å². The molecular weight excluding hydrogens is 298 g/mol. The van der Waals surface area contributed by atoms with Crippen LogP contribution in [0.25, 0.3) is 0 Å². The smallest absolute Gasteiger partial charge is 0.326 e. The van der Waals surface area contributed by atoms with Crippen molar-refractivity contribution >= 4 is 27.8 Å². The van der Waals surface area contributed by atoms with Gasteiger partial charge in [0.15, 0.2) is 0 Å². The van der Waals surface area contributed by atoms with Gasteiger partial charge in [0.25, 0.3) is 5.91 Å². The predicted octanol–water partition coefficient (Wildman–Crippen LogP) is 2.45. The van der Waals surface area contributed by atoms with Crippen LogP contribution in [0.1, 0.15) is 28.8 Å². The Morgan fingerprint density at radius 3 is 2.83 bits per heavy atom. The highest BCUT2D eigenvalue weighted by atomic mass is 79.9. The quantitative estimate of drug-likeness (QED) is 0.912. The zero-order chi connectivity index (χ0) is 13.3. The van der Waals surface area contributed by atoms with Gasteiger partial charge in [0.1, 0.15) is 6.04 Å². The number of benzene rings is 1. The van der Waals surface area contributed by atoms with Crippen LogP contribution >= 0.6 is 15.9 Å². The van der Waals surface area contributed by atoms with Crippen molar-refractivity contribution in [3.05, 3.63) is 33.8 Å². The summed E-state index contributed by atoms with van der Waals surface area (Å²) in [5, 5.41) is 9.10. The number of carboxylic acids is 1. The zero-order valence-corrected chi connectivity index (χ0v) is 11.6. The van der Waals surface area contributed by atoms with Crippen LogP contribution in [-0.4, -0.2) is 34.5 Å². The summed E-state index contributed by atoms with van der Waals surface area (Å²) in [4.78, 5) is 24.9. The van der Waals surface area contributed by atoms with Crippen molar-refractivity contribution in [3.8, 4) is 0 Å². The molecule has 1 amide bonds. The zero-order valence-electron chi connectivity index (χ0n) is 10.0. The first-order valence-corrected chi connectivity index (χ1v) is 6.60. The molecule has 2 rings (SSSR count). The molecule has 1 heterocycles. The molecule has 96 valence electrons. The highest BCUT2D eigenvalue weighted by molar-refractivity contribution is 9.10. The number of aryl methyl sites for hydroxylation is 1. The van der Waals surface area contributed by atoms with E-state index in [2.05, 4.69) is 15.9 Å². The lowest BCUT2D eigenvalue weighted by molar-refractivity contribution is -0.141. The van der Waals surface area contributed by atoms with Gasteiger partial charge in [-0.05, 0) is 37.5 Å². The Bertz CT molecular complexity index is 501. The van der Waals surface area contributed by atoms with Crippen LogP contribution < -0.4 is 0 Å². The van der Waals surface area contributed by atoms with E-state index in [1.165, 1.54) is 4.90 Å². The third-order valence-corrected chi connectivity index (χ3v) is 3.72. The molecule has 1 saturated heterocycles. The number of hydrogen-bond donors (Lipinski definition) is 1. The maximum Gasteiger partial charge on any atom is 0.326 e. The molecule has 1 atom stereocenters. The second-order valence-corrected chi connectivity index (χ2v) is 5.37. The number of aliphatic carboxylic acids is 1. The fraction of sp³-hybridized carbons (Fsp3) is 0.385. The van der Waals surface area contributed by atoms with Crippen LogP contribution in [0, 0.1) is 6.92 Å². The lowest BCUT2D eigenvalue weighted by atomic mass is 10.1. The lowest BCUT2D eigenvalue weighted by Crippen LogP contribution is -2.40. The number of halogens is 1. The normalized spacial score (nSPS) is 19.0. The van der Waals surface area contributed by atoms with E-state index in [1.807, 2.05) is 19.1 Å². The fourth-order valence-electron chi connectivity index (χ4n) is 2.25. The molecule has 0 saturated carbocycles. The number of amides is 1. The second-order valence-electron chi connectivity index (χ2n) is 4.45. The third kappa shape index (κ3) is 2.41. The summed E-state index contributed by atoms with van der Waals surface area (Å²) >= 11 is 3.33. The summed E-state index contributed by atoms with van der Waals surface area (Å²) in [7, 11) is 0. The first-order chi connectivity index (χ1) is 8.50. The molecule has 5 heteroatoms. The van der Waals surface area contributed by atoms with Gasteiger partial charge >= 0.3 is 5.97 Å². The number of likely N-dealkylation sites (tertiary alicyclic amines) is 1. The Kier molecular flexibility index (Phi) is 3.71. The lowest BCUT2D eigenvalue weighted by Gasteiger charge is -2.22. The molecule has 4 nitrogen and oxygen atoms in total. The summed E-state index contributed by atoms with van der Waals surface area (Å²) in [6, 6.07) is 4.78. The van der Waals surface area contributed by atoms with Crippen molar-refractivity contribution in [1.29, 1.82) is 0 Å². The minimum Gasteiger partial charge on any atom is -0.480 e. The molecule has 0 aromatic heterocycles. The SMILES string of the molecule is Cc1ccc(Br)cc1C(=O)N1CCC[C@H]1C(=O)O. The molecule has 18 heavy (non-hydrogen) atoms. The summed E-state index contributed by atoms with van der Waals surface area (Å²) in [5.74, 6) is -1.12. The largest absolute Gasteiger partial charge is 0.480 e. The molecule has 1 fully saturated rings. The Hall–Kier alpha value is -1.36. The molecule has 0 spiro atoms. The highest BCUT2D eigenvalue weighted by Crippen LogP contribution is 2.23. The van der Waals surface area contributed by atoms with Crippen molar-refractivity contribution in [2.24, 2.45) is 0 Å². The standard InChI is InChI=1S/C13H14BrNO3/c1-8-4-5-9(14)7-10(8)12(16)15-6-2-3-11(15)13(17)18/h4-5,7,11H,2-3,6H2,1H3,(H,17,18)/t11-/m0/s1. The fourth-order valence-corrected chi connectivity index (χ4v) is 2.61. The predicted molar refractivity (Wildman–Crippen MR) is 70.6 cm³/mol. The Morgan fingerprint density at radius 1 is 1.44 bits per heavy atom. The summed E-state index contributed by atoms with van der Waals surface area (Å²) in [5.41, 5.74) is 1.43. The van der Waals surface area contributed by atoms with Crippen LogP contribution in [0.2, 0.25) is 0 Å². The van der Waals surface area contributed by atoms with Gasteiger partial charge < -0.3 is 10.0 Å². The molecule has 1 N–H and O–H groups in total. The van der Waals surface area contributed by atoms with E-state index >= 15 is 0 Å². The summed E-state index contributed by atoms with van der Waals surface area (Å²) in [6.07, 6.45) is 1.28. The molecule has 0 unspecified atom stereocenters. The Morgan fingerprint density at radius 2 is 2.17 bits per heavy atom. The van der Waals surface area contributed by atoms with Crippen LogP contribution in [0.15, 0.2) is 22.7 Å². The second kappa shape index (κ2) is 5.10. The number of carbonyl (C=O) groups excluding carboxylic acids is 1. The average molecular weight is 312 g/mol. The van der Waals surface area contributed by atoms with Gasteiger partial charge in [0.2, 0.25) is 0 Å². The maximum absolute atomic E-state index is 12.4. The van der Waals surface area contributed by atoms with Gasteiger partial charge in [-0.1, -0.05) is 22.0 Å². The van der Waals surface area contributed by atoms with Gasteiger partial charge in [0, 0.05) is 16.6 Å². The van der Waals surface area contributed by atoms with Crippen molar-refractivity contribution in [2.45, 2.75) is 25.8 Å².